The second-order valence-corrected chi connectivity index (χ2v) is 14.6. The third-order valence-corrected chi connectivity index (χ3v) is 11.3. The average Bonchev–Trinajstić information content (AvgIpc) is 3.80. The van der Waals surface area contributed by atoms with Gasteiger partial charge < -0.3 is 9.13 Å². The van der Waals surface area contributed by atoms with Gasteiger partial charge in [0.25, 0.3) is 0 Å². The molecule has 0 spiro atoms. The van der Waals surface area contributed by atoms with Gasteiger partial charge in [-0.15, -0.1) is 0 Å². The maximum atomic E-state index is 2.42. The fourth-order valence-electron chi connectivity index (χ4n) is 8.74. The minimum atomic E-state index is 1.15. The molecule has 2 aromatic heterocycles. The summed E-state index contributed by atoms with van der Waals surface area (Å²) in [4.78, 5) is 0. The van der Waals surface area contributed by atoms with E-state index in [1.165, 1.54) is 88.1 Å². The zero-order chi connectivity index (χ0) is 37.0. The summed E-state index contributed by atoms with van der Waals surface area (Å²) >= 11 is 0. The van der Waals surface area contributed by atoms with Crippen LogP contribution in [0.1, 0.15) is 0 Å². The number of fused-ring (bicyclic) bond motifs is 6. The molecule has 0 aliphatic carbocycles. The number of para-hydroxylation sites is 2. The zero-order valence-electron chi connectivity index (χ0n) is 30.7. The molecule has 0 fully saturated rings. The summed E-state index contributed by atoms with van der Waals surface area (Å²) in [6.45, 7) is 0. The van der Waals surface area contributed by atoms with Gasteiger partial charge in [-0.1, -0.05) is 164 Å². The van der Waals surface area contributed by atoms with E-state index in [1.54, 1.807) is 0 Å². The molecule has 0 radical (unpaired) electrons. The van der Waals surface area contributed by atoms with E-state index in [9.17, 15) is 0 Å². The van der Waals surface area contributed by atoms with Crippen LogP contribution < -0.4 is 0 Å². The molecule has 2 heteroatoms. The zero-order valence-corrected chi connectivity index (χ0v) is 30.7. The monoisotopic (exact) mass is 712 g/mol. The van der Waals surface area contributed by atoms with Crippen molar-refractivity contribution in [3.8, 4) is 55.9 Å². The van der Waals surface area contributed by atoms with Gasteiger partial charge in [0.05, 0.1) is 22.1 Å². The maximum absolute atomic E-state index is 2.42. The van der Waals surface area contributed by atoms with Crippen molar-refractivity contribution < 1.29 is 0 Å². The predicted molar refractivity (Wildman–Crippen MR) is 237 cm³/mol. The molecule has 0 atom stereocenters. The Hall–Kier alpha value is -7.42. The van der Waals surface area contributed by atoms with Gasteiger partial charge in [0.2, 0.25) is 0 Å². The first-order valence-corrected chi connectivity index (χ1v) is 19.3. The minimum absolute atomic E-state index is 1.15. The third kappa shape index (κ3) is 5.26. The summed E-state index contributed by atoms with van der Waals surface area (Å²) in [5.41, 5.74) is 16.8. The summed E-state index contributed by atoms with van der Waals surface area (Å²) in [7, 11) is 0. The smallest absolute Gasteiger partial charge is 0.0547 e. The van der Waals surface area contributed by atoms with E-state index >= 15 is 0 Å². The van der Waals surface area contributed by atoms with Crippen molar-refractivity contribution in [2.45, 2.75) is 0 Å². The molecule has 0 amide bonds. The summed E-state index contributed by atoms with van der Waals surface area (Å²) in [5.74, 6) is 0. The quantitative estimate of drug-likeness (QED) is 0.162. The first-order valence-electron chi connectivity index (χ1n) is 19.3. The normalized spacial score (nSPS) is 11.6. The Morgan fingerprint density at radius 3 is 1.36 bits per heavy atom. The third-order valence-electron chi connectivity index (χ3n) is 11.3. The number of nitrogens with zero attached hydrogens (tertiary/aromatic N) is 2. The van der Waals surface area contributed by atoms with Crippen molar-refractivity contribution in [3.05, 3.63) is 218 Å². The lowest BCUT2D eigenvalue weighted by Crippen LogP contribution is -1.94. The van der Waals surface area contributed by atoms with Crippen molar-refractivity contribution in [1.82, 2.24) is 9.13 Å². The average molecular weight is 713 g/mol. The summed E-state index contributed by atoms with van der Waals surface area (Å²) in [6, 6.07) is 79.4. The number of hydrogen-bond donors (Lipinski definition) is 0. The lowest BCUT2D eigenvalue weighted by Gasteiger charge is -2.12. The lowest BCUT2D eigenvalue weighted by molar-refractivity contribution is 1.18. The van der Waals surface area contributed by atoms with Crippen LogP contribution in [0.25, 0.3) is 99.5 Å². The second-order valence-electron chi connectivity index (χ2n) is 14.6. The molecule has 2 nitrogen and oxygen atoms in total. The van der Waals surface area contributed by atoms with Crippen LogP contribution in [0.2, 0.25) is 0 Å². The molecule has 0 saturated carbocycles. The van der Waals surface area contributed by atoms with Gasteiger partial charge in [0.1, 0.15) is 0 Å². The van der Waals surface area contributed by atoms with Gasteiger partial charge in [0.15, 0.2) is 0 Å². The Labute approximate surface area is 325 Å². The van der Waals surface area contributed by atoms with Crippen molar-refractivity contribution >= 4 is 43.6 Å². The van der Waals surface area contributed by atoms with Crippen LogP contribution >= 0.6 is 0 Å². The van der Waals surface area contributed by atoms with E-state index in [1.807, 2.05) is 0 Å². The fraction of sp³-hybridized carbons (Fsp3) is 0. The van der Waals surface area contributed by atoms with Crippen LogP contribution in [0.4, 0.5) is 0 Å². The van der Waals surface area contributed by atoms with Crippen molar-refractivity contribution in [3.63, 3.8) is 0 Å². The Morgan fingerprint density at radius 2 is 0.679 bits per heavy atom. The lowest BCUT2D eigenvalue weighted by atomic mass is 9.95. The summed E-state index contributed by atoms with van der Waals surface area (Å²) in [6.07, 6.45) is 0. The van der Waals surface area contributed by atoms with E-state index < -0.39 is 0 Å². The molecule has 262 valence electrons. The minimum Gasteiger partial charge on any atom is -0.309 e. The van der Waals surface area contributed by atoms with Crippen LogP contribution in [-0.4, -0.2) is 9.13 Å². The van der Waals surface area contributed by atoms with Crippen LogP contribution in [0.5, 0.6) is 0 Å². The molecule has 11 aromatic rings. The highest BCUT2D eigenvalue weighted by atomic mass is 15.0. The first-order chi connectivity index (χ1) is 27.8. The standard InChI is InChI=1S/C54H36N2/c1-3-15-37(16-4-1)40-20-12-23-44(34-40)55-51-29-10-8-26-49(51)54-46(27-14-30-52(54)55)43-22-11-19-39(33-43)42-31-32-48-47-25-7-9-28-50(47)56(53(48)36-42)45-24-13-21-41(35-45)38-17-5-2-6-18-38/h1-36H. The Kier molecular flexibility index (Phi) is 7.53. The molecule has 11 rings (SSSR count). The molecule has 9 aromatic carbocycles. The summed E-state index contributed by atoms with van der Waals surface area (Å²) in [5, 5.41) is 5.02. The fourth-order valence-corrected chi connectivity index (χ4v) is 8.74. The highest BCUT2D eigenvalue weighted by molar-refractivity contribution is 6.16. The van der Waals surface area contributed by atoms with Gasteiger partial charge in [-0.25, -0.2) is 0 Å². The molecule has 0 bridgehead atoms. The molecule has 2 heterocycles. The topological polar surface area (TPSA) is 9.86 Å². The van der Waals surface area contributed by atoms with E-state index in [-0.39, 0.29) is 0 Å². The SMILES string of the molecule is c1ccc(-c2cccc(-n3c4ccccc4c4ccc(-c5cccc(-c6cccc7c6c6ccccc6n7-c6cccc(-c7ccccc7)c6)c5)cc43)c2)cc1. The number of rotatable bonds is 6. The Balaban J connectivity index is 1.06. The molecule has 0 N–H and O–H groups in total. The van der Waals surface area contributed by atoms with Crippen LogP contribution in [0.3, 0.4) is 0 Å². The van der Waals surface area contributed by atoms with Gasteiger partial charge in [-0.3, -0.25) is 0 Å². The highest BCUT2D eigenvalue weighted by Crippen LogP contribution is 2.41. The van der Waals surface area contributed by atoms with Crippen LogP contribution in [0.15, 0.2) is 218 Å². The van der Waals surface area contributed by atoms with E-state index in [4.69, 9.17) is 0 Å². The predicted octanol–water partition coefficient (Wildman–Crippen LogP) is 14.5. The van der Waals surface area contributed by atoms with Gasteiger partial charge in [-0.2, -0.15) is 0 Å². The molecular formula is C54H36N2. The Bertz CT molecular complexity index is 3240. The number of hydrogen-bond acceptors (Lipinski definition) is 0. The second kappa shape index (κ2) is 13.2. The van der Waals surface area contributed by atoms with E-state index in [0.717, 1.165) is 11.4 Å². The van der Waals surface area contributed by atoms with Crippen molar-refractivity contribution in [2.75, 3.05) is 0 Å². The van der Waals surface area contributed by atoms with Crippen molar-refractivity contribution in [2.24, 2.45) is 0 Å². The van der Waals surface area contributed by atoms with E-state index in [2.05, 4.69) is 228 Å². The Morgan fingerprint density at radius 1 is 0.232 bits per heavy atom. The van der Waals surface area contributed by atoms with Gasteiger partial charge >= 0.3 is 0 Å². The molecule has 56 heavy (non-hydrogen) atoms. The van der Waals surface area contributed by atoms with Crippen molar-refractivity contribution in [1.29, 1.82) is 0 Å². The first kappa shape index (κ1) is 32.0. The van der Waals surface area contributed by atoms with E-state index in [0.29, 0.717) is 0 Å². The maximum Gasteiger partial charge on any atom is 0.0547 e. The molecule has 0 saturated heterocycles. The van der Waals surface area contributed by atoms with Gasteiger partial charge in [-0.05, 0) is 99.1 Å². The number of aromatic nitrogens is 2. The molecule has 0 aliphatic rings. The highest BCUT2D eigenvalue weighted by Gasteiger charge is 2.18. The number of benzene rings is 9. The van der Waals surface area contributed by atoms with Crippen LogP contribution in [-0.2, 0) is 0 Å². The van der Waals surface area contributed by atoms with Gasteiger partial charge in [0, 0.05) is 32.9 Å². The molecule has 0 aliphatic heterocycles. The largest absolute Gasteiger partial charge is 0.309 e. The molecular weight excluding hydrogens is 677 g/mol. The molecule has 0 unspecified atom stereocenters. The van der Waals surface area contributed by atoms with Crippen LogP contribution in [0, 0.1) is 0 Å². The summed E-state index contributed by atoms with van der Waals surface area (Å²) < 4.78 is 4.84.